The van der Waals surface area contributed by atoms with E-state index >= 15 is 0 Å². The Bertz CT molecular complexity index is 373. The summed E-state index contributed by atoms with van der Waals surface area (Å²) in [6.07, 6.45) is 0.932. The molecule has 0 amide bonds. The highest BCUT2D eigenvalue weighted by Gasteiger charge is 2.21. The second-order valence-corrected chi connectivity index (χ2v) is 5.35. The molecule has 0 radical (unpaired) electrons. The van der Waals surface area contributed by atoms with Crippen molar-refractivity contribution in [1.29, 1.82) is 0 Å². The SMILES string of the molecule is COC(=O)C(C)CNC(C)(C)Cc1ccccc1. The Balaban J connectivity index is 2.47. The maximum atomic E-state index is 11.3. The van der Waals surface area contributed by atoms with Crippen LogP contribution >= 0.6 is 0 Å². The van der Waals surface area contributed by atoms with Crippen molar-refractivity contribution in [2.75, 3.05) is 13.7 Å². The number of nitrogens with one attached hydrogen (secondary N) is 1. The lowest BCUT2D eigenvalue weighted by atomic mass is 9.94. The lowest BCUT2D eigenvalue weighted by Gasteiger charge is -2.28. The highest BCUT2D eigenvalue weighted by molar-refractivity contribution is 5.72. The summed E-state index contributed by atoms with van der Waals surface area (Å²) in [6.45, 7) is 6.79. The molecule has 3 nitrogen and oxygen atoms in total. The van der Waals surface area contributed by atoms with Gasteiger partial charge in [-0.15, -0.1) is 0 Å². The van der Waals surface area contributed by atoms with Crippen molar-refractivity contribution in [1.82, 2.24) is 5.32 Å². The van der Waals surface area contributed by atoms with E-state index in [-0.39, 0.29) is 17.4 Å². The van der Waals surface area contributed by atoms with Crippen LogP contribution in [0.1, 0.15) is 26.3 Å². The Kier molecular flexibility index (Phi) is 5.35. The second kappa shape index (κ2) is 6.55. The van der Waals surface area contributed by atoms with Gasteiger partial charge < -0.3 is 10.1 Å². The first-order valence-electron chi connectivity index (χ1n) is 6.31. The second-order valence-electron chi connectivity index (χ2n) is 5.35. The first-order valence-corrected chi connectivity index (χ1v) is 6.31. The monoisotopic (exact) mass is 249 g/mol. The van der Waals surface area contributed by atoms with Gasteiger partial charge in [0.25, 0.3) is 0 Å². The fourth-order valence-corrected chi connectivity index (χ4v) is 1.88. The molecule has 100 valence electrons. The Hall–Kier alpha value is -1.35. The predicted molar refractivity (Wildman–Crippen MR) is 73.4 cm³/mol. The zero-order chi connectivity index (χ0) is 13.6. The molecule has 0 aliphatic rings. The average Bonchev–Trinajstić information content (AvgIpc) is 2.35. The molecule has 3 heteroatoms. The van der Waals surface area contributed by atoms with Gasteiger partial charge >= 0.3 is 5.97 Å². The predicted octanol–water partition coefficient (Wildman–Crippen LogP) is 2.41. The molecule has 0 aliphatic heterocycles. The van der Waals surface area contributed by atoms with Gasteiger partial charge in [-0.3, -0.25) is 4.79 Å². The van der Waals surface area contributed by atoms with Crippen molar-refractivity contribution in [3.8, 4) is 0 Å². The van der Waals surface area contributed by atoms with Crippen LogP contribution in [0.3, 0.4) is 0 Å². The molecule has 0 spiro atoms. The van der Waals surface area contributed by atoms with E-state index in [0.29, 0.717) is 6.54 Å². The van der Waals surface area contributed by atoms with Gasteiger partial charge in [-0.05, 0) is 25.8 Å². The van der Waals surface area contributed by atoms with Gasteiger partial charge in [-0.1, -0.05) is 37.3 Å². The van der Waals surface area contributed by atoms with Gasteiger partial charge in [0.05, 0.1) is 13.0 Å². The maximum Gasteiger partial charge on any atom is 0.309 e. The summed E-state index contributed by atoms with van der Waals surface area (Å²) in [5.74, 6) is -0.289. The van der Waals surface area contributed by atoms with Crippen LogP contribution in [0.4, 0.5) is 0 Å². The van der Waals surface area contributed by atoms with Crippen LogP contribution in [0.2, 0.25) is 0 Å². The highest BCUT2D eigenvalue weighted by Crippen LogP contribution is 2.13. The number of hydrogen-bond donors (Lipinski definition) is 1. The summed E-state index contributed by atoms with van der Waals surface area (Å²) < 4.78 is 4.72. The van der Waals surface area contributed by atoms with Gasteiger partial charge in [0, 0.05) is 12.1 Å². The van der Waals surface area contributed by atoms with Crippen LogP contribution in [0.15, 0.2) is 30.3 Å². The number of carbonyl (C=O) groups is 1. The molecular weight excluding hydrogens is 226 g/mol. The Morgan fingerprint density at radius 2 is 1.94 bits per heavy atom. The van der Waals surface area contributed by atoms with Crippen LogP contribution in [-0.2, 0) is 16.0 Å². The van der Waals surface area contributed by atoms with E-state index in [0.717, 1.165) is 6.42 Å². The fourth-order valence-electron chi connectivity index (χ4n) is 1.88. The molecule has 0 aromatic heterocycles. The van der Waals surface area contributed by atoms with Gasteiger partial charge in [0.2, 0.25) is 0 Å². The molecule has 18 heavy (non-hydrogen) atoms. The molecule has 1 rings (SSSR count). The van der Waals surface area contributed by atoms with E-state index in [1.54, 1.807) is 0 Å². The van der Waals surface area contributed by atoms with E-state index < -0.39 is 0 Å². The van der Waals surface area contributed by atoms with E-state index in [4.69, 9.17) is 4.74 Å². The van der Waals surface area contributed by atoms with E-state index in [9.17, 15) is 4.79 Å². The topological polar surface area (TPSA) is 38.3 Å². The average molecular weight is 249 g/mol. The van der Waals surface area contributed by atoms with Gasteiger partial charge in [-0.2, -0.15) is 0 Å². The minimum absolute atomic E-state index is 0.0381. The maximum absolute atomic E-state index is 11.3. The van der Waals surface area contributed by atoms with Crippen molar-refractivity contribution in [2.45, 2.75) is 32.7 Å². The van der Waals surface area contributed by atoms with Crippen LogP contribution in [0, 0.1) is 5.92 Å². The molecule has 0 aliphatic carbocycles. The summed E-state index contributed by atoms with van der Waals surface area (Å²) in [6, 6.07) is 10.3. The Labute approximate surface area is 110 Å². The van der Waals surface area contributed by atoms with E-state index in [1.165, 1.54) is 12.7 Å². The van der Waals surface area contributed by atoms with Crippen LogP contribution in [-0.4, -0.2) is 25.2 Å². The number of rotatable bonds is 6. The number of hydrogen-bond acceptors (Lipinski definition) is 3. The molecule has 0 saturated carbocycles. The lowest BCUT2D eigenvalue weighted by Crippen LogP contribution is -2.44. The van der Waals surface area contributed by atoms with Crippen molar-refractivity contribution in [2.24, 2.45) is 5.92 Å². The molecule has 1 atom stereocenters. The van der Waals surface area contributed by atoms with Crippen molar-refractivity contribution in [3.63, 3.8) is 0 Å². The van der Waals surface area contributed by atoms with Crippen molar-refractivity contribution >= 4 is 5.97 Å². The van der Waals surface area contributed by atoms with E-state index in [2.05, 4.69) is 31.3 Å². The molecule has 0 fully saturated rings. The van der Waals surface area contributed by atoms with Crippen molar-refractivity contribution in [3.05, 3.63) is 35.9 Å². The van der Waals surface area contributed by atoms with E-state index in [1.807, 2.05) is 25.1 Å². The first kappa shape index (κ1) is 14.7. The smallest absolute Gasteiger partial charge is 0.309 e. The molecule has 0 bridgehead atoms. The first-order chi connectivity index (χ1) is 8.44. The molecule has 0 heterocycles. The quantitative estimate of drug-likeness (QED) is 0.787. The zero-order valence-electron chi connectivity index (χ0n) is 11.7. The summed E-state index contributed by atoms with van der Waals surface area (Å²) >= 11 is 0. The van der Waals surface area contributed by atoms with Crippen LogP contribution in [0.5, 0.6) is 0 Å². The van der Waals surface area contributed by atoms with Crippen LogP contribution in [0.25, 0.3) is 0 Å². The highest BCUT2D eigenvalue weighted by atomic mass is 16.5. The minimum Gasteiger partial charge on any atom is -0.469 e. The Morgan fingerprint density at radius 3 is 2.50 bits per heavy atom. The summed E-state index contributed by atoms with van der Waals surface area (Å²) in [5, 5.41) is 3.42. The number of methoxy groups -OCH3 is 1. The molecule has 0 saturated heterocycles. The summed E-state index contributed by atoms with van der Waals surface area (Å²) in [5.41, 5.74) is 1.25. The van der Waals surface area contributed by atoms with Gasteiger partial charge in [0.15, 0.2) is 0 Å². The van der Waals surface area contributed by atoms with Crippen LogP contribution < -0.4 is 5.32 Å². The fraction of sp³-hybridized carbons (Fsp3) is 0.533. The Morgan fingerprint density at radius 1 is 1.33 bits per heavy atom. The third-order valence-corrected chi connectivity index (χ3v) is 2.98. The lowest BCUT2D eigenvalue weighted by molar-refractivity contribution is -0.144. The number of benzene rings is 1. The van der Waals surface area contributed by atoms with Gasteiger partial charge in [0.1, 0.15) is 0 Å². The summed E-state index contributed by atoms with van der Waals surface area (Å²) in [7, 11) is 1.42. The third-order valence-electron chi connectivity index (χ3n) is 2.98. The molecular formula is C15H23NO2. The minimum atomic E-state index is -0.169. The number of ether oxygens (including phenoxy) is 1. The number of esters is 1. The molecule has 1 aromatic rings. The largest absolute Gasteiger partial charge is 0.469 e. The van der Waals surface area contributed by atoms with Gasteiger partial charge in [-0.25, -0.2) is 0 Å². The molecule has 1 N–H and O–H groups in total. The third kappa shape index (κ3) is 4.88. The molecule has 1 unspecified atom stereocenters. The number of carbonyl (C=O) groups excluding carboxylic acids is 1. The molecule has 1 aromatic carbocycles. The standard InChI is InChI=1S/C15H23NO2/c1-12(14(17)18-4)11-16-15(2,3)10-13-8-6-5-7-9-13/h5-9,12,16H,10-11H2,1-4H3. The normalized spacial score (nSPS) is 13.1. The zero-order valence-corrected chi connectivity index (χ0v) is 11.7. The summed E-state index contributed by atoms with van der Waals surface area (Å²) in [4.78, 5) is 11.3. The van der Waals surface area contributed by atoms with Crippen molar-refractivity contribution < 1.29 is 9.53 Å².